The van der Waals surface area contributed by atoms with E-state index >= 15 is 0 Å². The van der Waals surface area contributed by atoms with Gasteiger partial charge in [0.15, 0.2) is 0 Å². The van der Waals surface area contributed by atoms with Gasteiger partial charge in [-0.25, -0.2) is 9.97 Å². The van der Waals surface area contributed by atoms with Crippen LogP contribution in [0, 0.1) is 0 Å². The molecular formula is C17H31Cl3N6O. The Morgan fingerprint density at radius 1 is 1.15 bits per heavy atom. The highest BCUT2D eigenvalue weighted by Crippen LogP contribution is 2.10. The van der Waals surface area contributed by atoms with E-state index in [0.717, 1.165) is 64.6 Å². The van der Waals surface area contributed by atoms with Crippen LogP contribution in [0.2, 0.25) is 0 Å². The van der Waals surface area contributed by atoms with Gasteiger partial charge in [-0.15, -0.1) is 37.2 Å². The van der Waals surface area contributed by atoms with Gasteiger partial charge >= 0.3 is 0 Å². The molecule has 2 N–H and O–H groups in total. The Hall–Kier alpha value is -0.860. The van der Waals surface area contributed by atoms with Crippen LogP contribution < -0.4 is 15.5 Å². The first-order valence-corrected chi connectivity index (χ1v) is 9.05. The minimum atomic E-state index is 0. The summed E-state index contributed by atoms with van der Waals surface area (Å²) in [6.07, 6.45) is 7.53. The van der Waals surface area contributed by atoms with E-state index < -0.39 is 0 Å². The molecule has 0 radical (unpaired) electrons. The van der Waals surface area contributed by atoms with Crippen LogP contribution in [-0.2, 0) is 4.79 Å². The molecule has 3 heterocycles. The summed E-state index contributed by atoms with van der Waals surface area (Å²) < 4.78 is 0. The van der Waals surface area contributed by atoms with E-state index in [4.69, 9.17) is 0 Å². The number of nitrogens with zero attached hydrogens (tertiary/aromatic N) is 4. The topological polar surface area (TPSA) is 73.4 Å². The van der Waals surface area contributed by atoms with Gasteiger partial charge in [0.2, 0.25) is 11.9 Å². The SMILES string of the molecule is Cl.Cl.Cl.O=C(CC1CCCN1)NCCCN1CCN(c2ncccn2)CC1. The molecule has 156 valence electrons. The molecule has 0 aliphatic carbocycles. The number of hydrogen-bond donors (Lipinski definition) is 2. The summed E-state index contributed by atoms with van der Waals surface area (Å²) in [6, 6.07) is 2.23. The van der Waals surface area contributed by atoms with E-state index in [1.54, 1.807) is 12.4 Å². The molecule has 7 nitrogen and oxygen atoms in total. The zero-order valence-corrected chi connectivity index (χ0v) is 18.0. The zero-order valence-electron chi connectivity index (χ0n) is 15.5. The molecule has 2 aliphatic rings. The van der Waals surface area contributed by atoms with Gasteiger partial charge in [0.05, 0.1) is 0 Å². The second-order valence-corrected chi connectivity index (χ2v) is 6.58. The Morgan fingerprint density at radius 3 is 2.48 bits per heavy atom. The molecule has 3 rings (SSSR count). The molecule has 1 amide bonds. The van der Waals surface area contributed by atoms with Crippen molar-refractivity contribution >= 4 is 49.1 Å². The fourth-order valence-corrected chi connectivity index (χ4v) is 3.38. The molecule has 1 aromatic rings. The molecule has 0 bridgehead atoms. The summed E-state index contributed by atoms with van der Waals surface area (Å²) in [4.78, 5) is 25.2. The average Bonchev–Trinajstić information content (AvgIpc) is 3.13. The smallest absolute Gasteiger partial charge is 0.225 e. The number of carbonyl (C=O) groups excluding carboxylic acids is 1. The van der Waals surface area contributed by atoms with E-state index in [1.165, 1.54) is 6.42 Å². The van der Waals surface area contributed by atoms with Crippen LogP contribution in [0.15, 0.2) is 18.5 Å². The Balaban J connectivity index is 0.00000225. The molecule has 1 aromatic heterocycles. The average molecular weight is 442 g/mol. The van der Waals surface area contributed by atoms with Crippen LogP contribution >= 0.6 is 37.2 Å². The number of hydrogen-bond acceptors (Lipinski definition) is 6. The highest BCUT2D eigenvalue weighted by molar-refractivity contribution is 5.86. The number of amides is 1. The second kappa shape index (κ2) is 14.2. The maximum absolute atomic E-state index is 11.9. The highest BCUT2D eigenvalue weighted by Gasteiger charge is 2.19. The first-order chi connectivity index (χ1) is 11.8. The van der Waals surface area contributed by atoms with Crippen LogP contribution in [0.25, 0.3) is 0 Å². The highest BCUT2D eigenvalue weighted by atomic mass is 35.5. The summed E-state index contributed by atoms with van der Waals surface area (Å²) in [5.41, 5.74) is 0. The molecule has 0 aromatic carbocycles. The molecule has 27 heavy (non-hydrogen) atoms. The van der Waals surface area contributed by atoms with Crippen molar-refractivity contribution in [1.29, 1.82) is 0 Å². The quantitative estimate of drug-likeness (QED) is 0.625. The molecule has 1 atom stereocenters. The molecule has 2 saturated heterocycles. The number of anilines is 1. The van der Waals surface area contributed by atoms with Crippen molar-refractivity contribution in [1.82, 2.24) is 25.5 Å². The maximum Gasteiger partial charge on any atom is 0.225 e. The van der Waals surface area contributed by atoms with E-state index in [-0.39, 0.29) is 43.1 Å². The summed E-state index contributed by atoms with van der Waals surface area (Å²) in [7, 11) is 0. The molecule has 0 saturated carbocycles. The number of piperazine rings is 1. The predicted molar refractivity (Wildman–Crippen MR) is 116 cm³/mol. The Kier molecular flexibility index (Phi) is 13.7. The standard InChI is InChI=1S/C17H28N6O.3ClH/c24-16(14-15-4-1-5-18-15)19-8-3-9-22-10-12-23(13-11-22)17-20-6-2-7-21-17;;;/h2,6-7,15,18H,1,3-5,8-14H2,(H,19,24);3*1H. The van der Waals surface area contributed by atoms with Gasteiger partial charge in [0.25, 0.3) is 0 Å². The summed E-state index contributed by atoms with van der Waals surface area (Å²) in [5.74, 6) is 1.00. The minimum Gasteiger partial charge on any atom is -0.356 e. The molecule has 10 heteroatoms. The fourth-order valence-electron chi connectivity index (χ4n) is 3.38. The summed E-state index contributed by atoms with van der Waals surface area (Å²) in [5, 5.41) is 6.41. The predicted octanol–water partition coefficient (Wildman–Crippen LogP) is 1.51. The molecule has 1 unspecified atom stereocenters. The molecule has 2 fully saturated rings. The van der Waals surface area contributed by atoms with E-state index in [9.17, 15) is 4.79 Å². The zero-order chi connectivity index (χ0) is 16.6. The number of halogens is 3. The van der Waals surface area contributed by atoms with Crippen LogP contribution in [0.3, 0.4) is 0 Å². The van der Waals surface area contributed by atoms with Crippen molar-refractivity contribution in [2.24, 2.45) is 0 Å². The third-order valence-corrected chi connectivity index (χ3v) is 4.77. The second-order valence-electron chi connectivity index (χ2n) is 6.58. The van der Waals surface area contributed by atoms with Crippen molar-refractivity contribution in [2.75, 3.05) is 50.7 Å². The normalized spacial score (nSPS) is 19.4. The van der Waals surface area contributed by atoms with E-state index in [0.29, 0.717) is 12.5 Å². The van der Waals surface area contributed by atoms with Gasteiger partial charge in [-0.05, 0) is 38.4 Å². The first-order valence-electron chi connectivity index (χ1n) is 9.05. The largest absolute Gasteiger partial charge is 0.356 e. The third-order valence-electron chi connectivity index (χ3n) is 4.77. The number of nitrogens with one attached hydrogen (secondary N) is 2. The Morgan fingerprint density at radius 2 is 1.85 bits per heavy atom. The molecular weight excluding hydrogens is 411 g/mol. The lowest BCUT2D eigenvalue weighted by molar-refractivity contribution is -0.121. The van der Waals surface area contributed by atoms with E-state index in [1.807, 2.05) is 6.07 Å². The van der Waals surface area contributed by atoms with Crippen molar-refractivity contribution in [3.05, 3.63) is 18.5 Å². The van der Waals surface area contributed by atoms with Crippen molar-refractivity contribution in [2.45, 2.75) is 31.7 Å². The van der Waals surface area contributed by atoms with Gasteiger partial charge in [0, 0.05) is 57.6 Å². The van der Waals surface area contributed by atoms with Crippen LogP contribution in [0.5, 0.6) is 0 Å². The Bertz CT molecular complexity index is 511. The first kappa shape index (κ1) is 26.1. The fraction of sp³-hybridized carbons (Fsp3) is 0.706. The van der Waals surface area contributed by atoms with Crippen LogP contribution in [0.1, 0.15) is 25.7 Å². The lowest BCUT2D eigenvalue weighted by atomic mass is 10.1. The summed E-state index contributed by atoms with van der Waals surface area (Å²) >= 11 is 0. The number of aromatic nitrogens is 2. The lowest BCUT2D eigenvalue weighted by Gasteiger charge is -2.34. The number of carbonyl (C=O) groups is 1. The van der Waals surface area contributed by atoms with Crippen LogP contribution in [0.4, 0.5) is 5.95 Å². The van der Waals surface area contributed by atoms with E-state index in [2.05, 4.69) is 30.4 Å². The van der Waals surface area contributed by atoms with Crippen molar-refractivity contribution < 1.29 is 4.79 Å². The monoisotopic (exact) mass is 440 g/mol. The maximum atomic E-state index is 11.9. The number of rotatable bonds is 7. The van der Waals surface area contributed by atoms with Gasteiger partial charge < -0.3 is 15.5 Å². The van der Waals surface area contributed by atoms with Crippen LogP contribution in [-0.4, -0.2) is 72.6 Å². The molecule has 0 spiro atoms. The van der Waals surface area contributed by atoms with Gasteiger partial charge in [-0.3, -0.25) is 9.69 Å². The van der Waals surface area contributed by atoms with Gasteiger partial charge in [-0.1, -0.05) is 0 Å². The van der Waals surface area contributed by atoms with Crippen molar-refractivity contribution in [3.8, 4) is 0 Å². The molecule has 2 aliphatic heterocycles. The third kappa shape index (κ3) is 8.79. The van der Waals surface area contributed by atoms with Gasteiger partial charge in [0.1, 0.15) is 0 Å². The Labute approximate surface area is 180 Å². The van der Waals surface area contributed by atoms with Crippen molar-refractivity contribution in [3.63, 3.8) is 0 Å². The minimum absolute atomic E-state index is 0. The summed E-state index contributed by atoms with van der Waals surface area (Å²) in [6.45, 7) is 6.83. The lowest BCUT2D eigenvalue weighted by Crippen LogP contribution is -2.47. The van der Waals surface area contributed by atoms with Gasteiger partial charge in [-0.2, -0.15) is 0 Å².